The minimum Gasteiger partial charge on any atom is -0.313 e. The van der Waals surface area contributed by atoms with E-state index < -0.39 is 10.0 Å². The van der Waals surface area contributed by atoms with Crippen molar-refractivity contribution in [2.75, 3.05) is 24.6 Å². The van der Waals surface area contributed by atoms with E-state index in [1.807, 2.05) is 24.1 Å². The largest absolute Gasteiger partial charge is 0.313 e. The molecule has 0 amide bonds. The number of sulfonamides is 1. The van der Waals surface area contributed by atoms with E-state index >= 15 is 0 Å². The molecule has 2 rings (SSSR count). The lowest BCUT2D eigenvalue weighted by molar-refractivity contribution is 0.547. The third-order valence-electron chi connectivity index (χ3n) is 3.06. The fraction of sp³-hybridized carbons (Fsp3) is 0.667. The summed E-state index contributed by atoms with van der Waals surface area (Å²) >= 11 is 3.20. The van der Waals surface area contributed by atoms with Gasteiger partial charge >= 0.3 is 0 Å². The van der Waals surface area contributed by atoms with Crippen molar-refractivity contribution in [3.63, 3.8) is 0 Å². The Kier molecular flexibility index (Phi) is 5.70. The molecular formula is C12H20N2O2S3. The van der Waals surface area contributed by atoms with Crippen molar-refractivity contribution in [2.45, 2.75) is 24.1 Å². The SMILES string of the molecule is CCNCc1csc(S(=O)(=O)NCC2CCSC2)c1. The van der Waals surface area contributed by atoms with Crippen molar-refractivity contribution in [1.29, 1.82) is 0 Å². The number of nitrogens with one attached hydrogen (secondary N) is 2. The molecule has 1 aliphatic heterocycles. The molecule has 4 nitrogen and oxygen atoms in total. The number of rotatable bonds is 7. The Bertz CT molecular complexity index is 493. The predicted molar refractivity (Wildman–Crippen MR) is 82.3 cm³/mol. The van der Waals surface area contributed by atoms with Gasteiger partial charge in [0.05, 0.1) is 0 Å². The monoisotopic (exact) mass is 320 g/mol. The smallest absolute Gasteiger partial charge is 0.250 e. The van der Waals surface area contributed by atoms with Gasteiger partial charge in [0.25, 0.3) is 0 Å². The Hall–Kier alpha value is -0.0800. The van der Waals surface area contributed by atoms with Gasteiger partial charge in [-0.25, -0.2) is 13.1 Å². The first-order valence-electron chi connectivity index (χ1n) is 6.47. The molecule has 0 radical (unpaired) electrons. The summed E-state index contributed by atoms with van der Waals surface area (Å²) in [6, 6.07) is 1.76. The normalized spacial score (nSPS) is 19.9. The Balaban J connectivity index is 1.92. The molecule has 0 aliphatic carbocycles. The lowest BCUT2D eigenvalue weighted by Gasteiger charge is -2.09. The summed E-state index contributed by atoms with van der Waals surface area (Å²) in [5.74, 6) is 2.71. The van der Waals surface area contributed by atoms with E-state index in [-0.39, 0.29) is 0 Å². The third-order valence-corrected chi connectivity index (χ3v) is 7.20. The molecule has 2 heterocycles. The maximum Gasteiger partial charge on any atom is 0.250 e. The van der Waals surface area contributed by atoms with Crippen molar-refractivity contribution in [3.8, 4) is 0 Å². The highest BCUT2D eigenvalue weighted by Gasteiger charge is 2.21. The van der Waals surface area contributed by atoms with Gasteiger partial charge in [-0.2, -0.15) is 11.8 Å². The lowest BCUT2D eigenvalue weighted by atomic mass is 10.1. The summed E-state index contributed by atoms with van der Waals surface area (Å²) in [5, 5.41) is 5.10. The first kappa shape index (κ1) is 15.3. The average molecular weight is 321 g/mol. The van der Waals surface area contributed by atoms with Crippen LogP contribution in [0.15, 0.2) is 15.7 Å². The zero-order valence-electron chi connectivity index (χ0n) is 11.0. The van der Waals surface area contributed by atoms with Crippen LogP contribution in [0.5, 0.6) is 0 Å². The fourth-order valence-electron chi connectivity index (χ4n) is 1.90. The van der Waals surface area contributed by atoms with Crippen molar-refractivity contribution >= 4 is 33.1 Å². The van der Waals surface area contributed by atoms with Crippen LogP contribution in [0.4, 0.5) is 0 Å². The van der Waals surface area contributed by atoms with E-state index in [0.29, 0.717) is 16.7 Å². The van der Waals surface area contributed by atoms with Crippen LogP contribution in [0.25, 0.3) is 0 Å². The molecule has 1 atom stereocenters. The maximum atomic E-state index is 12.1. The third kappa shape index (κ3) is 4.46. The van der Waals surface area contributed by atoms with E-state index in [1.165, 1.54) is 11.3 Å². The Morgan fingerprint density at radius 3 is 3.00 bits per heavy atom. The molecule has 1 saturated heterocycles. The molecule has 2 N–H and O–H groups in total. The summed E-state index contributed by atoms with van der Waals surface area (Å²) < 4.78 is 27.5. The Morgan fingerprint density at radius 2 is 2.32 bits per heavy atom. The van der Waals surface area contributed by atoms with Crippen LogP contribution in [-0.4, -0.2) is 33.0 Å². The van der Waals surface area contributed by atoms with Crippen LogP contribution in [0.2, 0.25) is 0 Å². The Morgan fingerprint density at radius 1 is 1.47 bits per heavy atom. The minimum atomic E-state index is -3.32. The van der Waals surface area contributed by atoms with Crippen molar-refractivity contribution < 1.29 is 8.42 Å². The maximum absolute atomic E-state index is 12.1. The van der Waals surface area contributed by atoms with E-state index in [4.69, 9.17) is 0 Å². The van der Waals surface area contributed by atoms with Gasteiger partial charge in [-0.3, -0.25) is 0 Å². The Labute approximate surface area is 123 Å². The first-order chi connectivity index (χ1) is 9.12. The van der Waals surface area contributed by atoms with Crippen LogP contribution in [0, 0.1) is 5.92 Å². The summed E-state index contributed by atoms with van der Waals surface area (Å²) in [6.45, 7) is 4.21. The van der Waals surface area contributed by atoms with Crippen molar-refractivity contribution in [2.24, 2.45) is 5.92 Å². The molecule has 1 aromatic rings. The summed E-state index contributed by atoms with van der Waals surface area (Å²) in [7, 11) is -3.32. The van der Waals surface area contributed by atoms with E-state index in [1.54, 1.807) is 6.07 Å². The highest BCUT2D eigenvalue weighted by atomic mass is 32.2. The quantitative estimate of drug-likeness (QED) is 0.805. The topological polar surface area (TPSA) is 58.2 Å². The predicted octanol–water partition coefficient (Wildman–Crippen LogP) is 1.89. The van der Waals surface area contributed by atoms with Crippen LogP contribution in [0.1, 0.15) is 18.9 Å². The molecule has 0 saturated carbocycles. The van der Waals surface area contributed by atoms with E-state index in [9.17, 15) is 8.42 Å². The lowest BCUT2D eigenvalue weighted by Crippen LogP contribution is -2.28. The second-order valence-corrected chi connectivity index (χ2v) is 8.69. The van der Waals surface area contributed by atoms with Crippen LogP contribution < -0.4 is 10.0 Å². The average Bonchev–Trinajstić information content (AvgIpc) is 3.05. The van der Waals surface area contributed by atoms with Crippen LogP contribution in [0.3, 0.4) is 0 Å². The van der Waals surface area contributed by atoms with Crippen molar-refractivity contribution in [1.82, 2.24) is 10.0 Å². The molecule has 0 spiro atoms. The highest BCUT2D eigenvalue weighted by Crippen LogP contribution is 2.24. The first-order valence-corrected chi connectivity index (χ1v) is 9.99. The van der Waals surface area contributed by atoms with Gasteiger partial charge < -0.3 is 5.32 Å². The van der Waals surface area contributed by atoms with Gasteiger partial charge in [0.15, 0.2) is 0 Å². The molecule has 1 aliphatic rings. The highest BCUT2D eigenvalue weighted by molar-refractivity contribution is 7.99. The molecule has 0 bridgehead atoms. The van der Waals surface area contributed by atoms with Gasteiger partial charge in [0, 0.05) is 13.1 Å². The summed E-state index contributed by atoms with van der Waals surface area (Å²) in [5.41, 5.74) is 1.03. The van der Waals surface area contributed by atoms with E-state index in [0.717, 1.165) is 36.6 Å². The molecule has 1 fully saturated rings. The van der Waals surface area contributed by atoms with Crippen molar-refractivity contribution in [3.05, 3.63) is 17.0 Å². The number of hydrogen-bond acceptors (Lipinski definition) is 5. The number of thiophene rings is 1. The fourth-order valence-corrected chi connectivity index (χ4v) is 5.55. The summed E-state index contributed by atoms with van der Waals surface area (Å²) in [6.07, 6.45) is 1.11. The second-order valence-electron chi connectivity index (χ2n) is 4.64. The summed E-state index contributed by atoms with van der Waals surface area (Å²) in [4.78, 5) is 0. The molecule has 1 unspecified atom stereocenters. The zero-order chi connectivity index (χ0) is 13.7. The molecule has 19 heavy (non-hydrogen) atoms. The molecule has 108 valence electrons. The van der Waals surface area contributed by atoms with Gasteiger partial charge in [-0.1, -0.05) is 6.92 Å². The van der Waals surface area contributed by atoms with Gasteiger partial charge in [-0.05, 0) is 47.4 Å². The van der Waals surface area contributed by atoms with Crippen LogP contribution in [-0.2, 0) is 16.6 Å². The van der Waals surface area contributed by atoms with Gasteiger partial charge in [0.2, 0.25) is 10.0 Å². The van der Waals surface area contributed by atoms with Crippen LogP contribution >= 0.6 is 23.1 Å². The standard InChI is InChI=1S/C12H20N2O2S3/c1-2-13-6-11-5-12(18-9-11)19(15,16)14-7-10-3-4-17-8-10/h5,9-10,13-14H,2-4,6-8H2,1H3. The number of thioether (sulfide) groups is 1. The second kappa shape index (κ2) is 7.08. The van der Waals surface area contributed by atoms with E-state index in [2.05, 4.69) is 10.0 Å². The molecule has 1 aromatic heterocycles. The number of hydrogen-bond donors (Lipinski definition) is 2. The molecule has 0 aromatic carbocycles. The zero-order valence-corrected chi connectivity index (χ0v) is 13.5. The minimum absolute atomic E-state index is 0.422. The molecular weight excluding hydrogens is 300 g/mol. The van der Waals surface area contributed by atoms with Gasteiger partial charge in [0.1, 0.15) is 4.21 Å². The molecule has 7 heteroatoms. The van der Waals surface area contributed by atoms with Gasteiger partial charge in [-0.15, -0.1) is 11.3 Å².